The average Bonchev–Trinajstić information content (AvgIpc) is 3.31. The van der Waals surface area contributed by atoms with E-state index >= 15 is 0 Å². The van der Waals surface area contributed by atoms with E-state index in [0.29, 0.717) is 18.8 Å². The molecule has 1 heterocycles. The maximum atomic E-state index is 13.1. The van der Waals surface area contributed by atoms with Gasteiger partial charge in [-0.3, -0.25) is 9.59 Å². The van der Waals surface area contributed by atoms with E-state index in [2.05, 4.69) is 10.5 Å². The van der Waals surface area contributed by atoms with Crippen LogP contribution in [0.2, 0.25) is 0 Å². The molecule has 0 fully saturated rings. The van der Waals surface area contributed by atoms with Gasteiger partial charge in [0.2, 0.25) is 5.91 Å². The minimum Gasteiger partial charge on any atom is -0.497 e. The van der Waals surface area contributed by atoms with Crippen molar-refractivity contribution < 1.29 is 23.2 Å². The molecular weight excluding hydrogens is 425 g/mol. The van der Waals surface area contributed by atoms with E-state index in [4.69, 9.17) is 9.26 Å². The zero-order valence-electron chi connectivity index (χ0n) is 19.0. The molecule has 0 aliphatic rings. The summed E-state index contributed by atoms with van der Waals surface area (Å²) in [6.45, 7) is 5.03. The summed E-state index contributed by atoms with van der Waals surface area (Å²) in [5.74, 6) is 0.594. The smallest absolute Gasteiger partial charge is 0.276 e. The molecule has 0 unspecified atom stereocenters. The quantitative estimate of drug-likeness (QED) is 0.495. The predicted molar refractivity (Wildman–Crippen MR) is 122 cm³/mol. The molecule has 0 radical (unpaired) electrons. The first kappa shape index (κ1) is 24.0. The van der Waals surface area contributed by atoms with Crippen LogP contribution < -0.4 is 10.1 Å². The molecule has 3 rings (SSSR count). The topological polar surface area (TPSA) is 84.7 Å². The minimum atomic E-state index is -0.323. The largest absolute Gasteiger partial charge is 0.497 e. The maximum Gasteiger partial charge on any atom is 0.276 e. The van der Waals surface area contributed by atoms with Crippen LogP contribution in [0.15, 0.2) is 59.1 Å². The van der Waals surface area contributed by atoms with Crippen molar-refractivity contribution in [2.75, 3.05) is 20.2 Å². The number of carbonyl (C=O) groups excluding carboxylic acids is 2. The minimum absolute atomic E-state index is 0.142. The van der Waals surface area contributed by atoms with Gasteiger partial charge >= 0.3 is 0 Å². The van der Waals surface area contributed by atoms with Crippen LogP contribution in [0.5, 0.6) is 5.75 Å². The van der Waals surface area contributed by atoms with Crippen LogP contribution in [0.1, 0.15) is 36.3 Å². The lowest BCUT2D eigenvalue weighted by atomic mass is 10.1. The van der Waals surface area contributed by atoms with Crippen molar-refractivity contribution in [2.45, 2.75) is 26.8 Å². The fourth-order valence-electron chi connectivity index (χ4n) is 3.27. The second-order valence-corrected chi connectivity index (χ2v) is 8.10. The zero-order chi connectivity index (χ0) is 23.8. The predicted octanol–water partition coefficient (Wildman–Crippen LogP) is 4.29. The first-order valence-electron chi connectivity index (χ1n) is 10.8. The number of amides is 2. The van der Waals surface area contributed by atoms with Gasteiger partial charge in [-0.2, -0.15) is 0 Å². The number of ether oxygens (including phenoxy) is 1. The molecule has 0 bridgehead atoms. The van der Waals surface area contributed by atoms with E-state index in [-0.39, 0.29) is 42.2 Å². The molecule has 174 valence electrons. The van der Waals surface area contributed by atoms with Gasteiger partial charge in [0, 0.05) is 37.7 Å². The number of halogens is 1. The van der Waals surface area contributed by atoms with Gasteiger partial charge in [0.15, 0.2) is 11.5 Å². The van der Waals surface area contributed by atoms with E-state index < -0.39 is 0 Å². The number of hydrogen-bond donors (Lipinski definition) is 1. The molecule has 2 aromatic carbocycles. The van der Waals surface area contributed by atoms with E-state index in [9.17, 15) is 14.0 Å². The lowest BCUT2D eigenvalue weighted by molar-refractivity contribution is -0.121. The highest BCUT2D eigenvalue weighted by Crippen LogP contribution is 2.23. The monoisotopic (exact) mass is 453 g/mol. The lowest BCUT2D eigenvalue weighted by Gasteiger charge is -2.23. The van der Waals surface area contributed by atoms with Crippen LogP contribution >= 0.6 is 0 Å². The van der Waals surface area contributed by atoms with Crippen LogP contribution in [-0.4, -0.2) is 42.1 Å². The fourth-order valence-corrected chi connectivity index (χ4v) is 3.27. The summed E-state index contributed by atoms with van der Waals surface area (Å²) >= 11 is 0. The first-order valence-corrected chi connectivity index (χ1v) is 10.8. The van der Waals surface area contributed by atoms with E-state index in [1.54, 1.807) is 42.3 Å². The van der Waals surface area contributed by atoms with Gasteiger partial charge in [-0.25, -0.2) is 4.39 Å². The SMILES string of the molecule is COc1ccc(-c2cc(C(=O)N(CCC(=O)NCc3ccc(F)cc3)CC(C)C)no2)cc1. The van der Waals surface area contributed by atoms with E-state index in [1.807, 2.05) is 26.0 Å². The molecule has 33 heavy (non-hydrogen) atoms. The summed E-state index contributed by atoms with van der Waals surface area (Å²) in [6.07, 6.45) is 0.142. The van der Waals surface area contributed by atoms with Crippen molar-refractivity contribution in [2.24, 2.45) is 5.92 Å². The third-order valence-corrected chi connectivity index (χ3v) is 4.99. The molecule has 3 aromatic rings. The number of benzene rings is 2. The van der Waals surface area contributed by atoms with Gasteiger partial charge in [0.05, 0.1) is 7.11 Å². The molecule has 0 aliphatic heterocycles. The van der Waals surface area contributed by atoms with E-state index in [1.165, 1.54) is 12.1 Å². The standard InChI is InChI=1S/C25H28FN3O4/c1-17(2)16-29(13-12-24(30)27-15-18-4-8-20(26)9-5-18)25(31)22-14-23(33-28-22)19-6-10-21(32-3)11-7-19/h4-11,14,17H,12-13,15-16H2,1-3H3,(H,27,30). The Balaban J connectivity index is 1.60. The summed E-state index contributed by atoms with van der Waals surface area (Å²) in [4.78, 5) is 27.0. The molecule has 8 heteroatoms. The van der Waals surface area contributed by atoms with Crippen LogP contribution in [0, 0.1) is 11.7 Å². The number of nitrogens with one attached hydrogen (secondary N) is 1. The molecule has 7 nitrogen and oxygen atoms in total. The molecular formula is C25H28FN3O4. The number of hydrogen-bond acceptors (Lipinski definition) is 5. The third kappa shape index (κ3) is 6.90. The Bertz CT molecular complexity index is 1060. The number of methoxy groups -OCH3 is 1. The number of nitrogens with zero attached hydrogens (tertiary/aromatic N) is 2. The Hall–Kier alpha value is -3.68. The van der Waals surface area contributed by atoms with Crippen molar-refractivity contribution >= 4 is 11.8 Å². The van der Waals surface area contributed by atoms with E-state index in [0.717, 1.165) is 16.9 Å². The summed E-state index contributed by atoms with van der Waals surface area (Å²) in [7, 11) is 1.59. The molecule has 0 saturated heterocycles. The Morgan fingerprint density at radius 3 is 2.45 bits per heavy atom. The lowest BCUT2D eigenvalue weighted by Crippen LogP contribution is -2.37. The van der Waals surface area contributed by atoms with Crippen molar-refractivity contribution in [3.63, 3.8) is 0 Å². The van der Waals surface area contributed by atoms with Gasteiger partial charge in [-0.15, -0.1) is 0 Å². The van der Waals surface area contributed by atoms with Crippen molar-refractivity contribution in [1.82, 2.24) is 15.4 Å². The Morgan fingerprint density at radius 2 is 1.82 bits per heavy atom. The summed E-state index contributed by atoms with van der Waals surface area (Å²) < 4.78 is 23.5. The number of carbonyl (C=O) groups is 2. The Kier molecular flexibility index (Phi) is 8.18. The highest BCUT2D eigenvalue weighted by atomic mass is 19.1. The molecule has 0 atom stereocenters. The van der Waals surface area contributed by atoms with Gasteiger partial charge < -0.3 is 19.5 Å². The molecule has 0 aliphatic carbocycles. The molecule has 0 spiro atoms. The molecule has 0 saturated carbocycles. The van der Waals surface area contributed by atoms with Crippen molar-refractivity contribution in [1.29, 1.82) is 0 Å². The van der Waals surface area contributed by atoms with Crippen LogP contribution in [0.25, 0.3) is 11.3 Å². The molecule has 2 amide bonds. The highest BCUT2D eigenvalue weighted by molar-refractivity contribution is 5.93. The molecule has 1 aromatic heterocycles. The van der Waals surface area contributed by atoms with Crippen molar-refractivity contribution in [3.05, 3.63) is 71.7 Å². The van der Waals surface area contributed by atoms with Gasteiger partial charge in [0.1, 0.15) is 11.6 Å². The summed E-state index contributed by atoms with van der Waals surface area (Å²) in [5.41, 5.74) is 1.76. The number of rotatable bonds is 10. The summed E-state index contributed by atoms with van der Waals surface area (Å²) in [5, 5.41) is 6.74. The van der Waals surface area contributed by atoms with Crippen LogP contribution in [0.4, 0.5) is 4.39 Å². The third-order valence-electron chi connectivity index (χ3n) is 4.99. The number of aromatic nitrogens is 1. The fraction of sp³-hybridized carbons (Fsp3) is 0.320. The van der Waals surface area contributed by atoms with Crippen molar-refractivity contribution in [3.8, 4) is 17.1 Å². The van der Waals surface area contributed by atoms with Gasteiger partial charge in [0.25, 0.3) is 5.91 Å². The maximum absolute atomic E-state index is 13.1. The summed E-state index contributed by atoms with van der Waals surface area (Å²) in [6, 6.07) is 14.8. The average molecular weight is 454 g/mol. The molecule has 1 N–H and O–H groups in total. The Labute approximate surface area is 192 Å². The van der Waals surface area contributed by atoms with Gasteiger partial charge in [-0.05, 0) is 47.9 Å². The second kappa shape index (κ2) is 11.3. The normalized spacial score (nSPS) is 10.8. The van der Waals surface area contributed by atoms with Gasteiger partial charge in [-0.1, -0.05) is 31.1 Å². The zero-order valence-corrected chi connectivity index (χ0v) is 19.0. The Morgan fingerprint density at radius 1 is 1.12 bits per heavy atom. The highest BCUT2D eigenvalue weighted by Gasteiger charge is 2.22. The first-order chi connectivity index (χ1) is 15.9. The van der Waals surface area contributed by atoms with Crippen LogP contribution in [-0.2, 0) is 11.3 Å². The van der Waals surface area contributed by atoms with Crippen LogP contribution in [0.3, 0.4) is 0 Å². The second-order valence-electron chi connectivity index (χ2n) is 8.10.